The number of unbranched alkanes of at least 4 members (excludes halogenated alkanes) is 2. The summed E-state index contributed by atoms with van der Waals surface area (Å²) < 4.78 is 10.8. The minimum atomic E-state index is -0.475. The minimum absolute atomic E-state index is 0.0212. The lowest BCUT2D eigenvalue weighted by Gasteiger charge is -2.26. The first-order valence-corrected chi connectivity index (χ1v) is 15.7. The Hall–Kier alpha value is -1.55. The number of aliphatic hydroxyl groups excluding tert-OH is 2. The Kier molecular flexibility index (Phi) is 12.0. The lowest BCUT2D eigenvalue weighted by molar-refractivity contribution is 0.0197. The van der Waals surface area contributed by atoms with Crippen LogP contribution in [0.25, 0.3) is 0 Å². The smallest absolute Gasteiger partial charge is 0.350 e. The summed E-state index contributed by atoms with van der Waals surface area (Å²) in [6, 6.07) is 8.08. The van der Waals surface area contributed by atoms with E-state index in [4.69, 9.17) is 21.1 Å². The molecule has 4 rings (SSSR count). The van der Waals surface area contributed by atoms with Crippen LogP contribution in [0.15, 0.2) is 30.5 Å². The molecule has 2 fully saturated rings. The summed E-state index contributed by atoms with van der Waals surface area (Å²) >= 11 is 8.11. The molecule has 0 amide bonds. The number of ether oxygens (including phenoxy) is 2. The van der Waals surface area contributed by atoms with E-state index in [1.807, 2.05) is 24.3 Å². The third-order valence-electron chi connectivity index (χ3n) is 8.02. The monoisotopic (exact) mass is 578 g/mol. The molecule has 1 aliphatic heterocycles. The average molecular weight is 579 g/mol. The molecule has 2 N–H and O–H groups in total. The van der Waals surface area contributed by atoms with Crippen LogP contribution in [0.3, 0.4) is 0 Å². The largest absolute Gasteiger partial charge is 0.460 e. The van der Waals surface area contributed by atoms with Crippen molar-refractivity contribution >= 4 is 28.9 Å². The van der Waals surface area contributed by atoms with Crippen LogP contribution in [0.4, 0.5) is 0 Å². The first-order valence-electron chi connectivity index (χ1n) is 14.5. The van der Waals surface area contributed by atoms with Crippen molar-refractivity contribution in [3.63, 3.8) is 0 Å². The van der Waals surface area contributed by atoms with E-state index in [9.17, 15) is 15.0 Å². The van der Waals surface area contributed by atoms with Crippen molar-refractivity contribution in [2.45, 2.75) is 81.8 Å². The molecular formula is C30H43ClN2O5S. The highest BCUT2D eigenvalue weighted by Gasteiger charge is 2.42. The number of aliphatic hydroxyl groups is 2. The third kappa shape index (κ3) is 8.72. The van der Waals surface area contributed by atoms with Gasteiger partial charge in [0.15, 0.2) is 0 Å². The maximum absolute atomic E-state index is 12.4. The summed E-state index contributed by atoms with van der Waals surface area (Å²) in [5.41, 5.74) is 2.01. The van der Waals surface area contributed by atoms with Crippen LogP contribution < -0.4 is 0 Å². The molecular weight excluding hydrogens is 536 g/mol. The molecule has 0 spiro atoms. The molecule has 1 saturated heterocycles. The van der Waals surface area contributed by atoms with Crippen LogP contribution in [0.2, 0.25) is 0 Å². The molecule has 2 heterocycles. The summed E-state index contributed by atoms with van der Waals surface area (Å²) in [4.78, 5) is 19.7. The second kappa shape index (κ2) is 15.5. The fourth-order valence-electron chi connectivity index (χ4n) is 5.76. The molecule has 0 bridgehead atoms. The SMILES string of the molecule is CCCCCC(O)c1ccc([C@@H]2[C@@H](CCCc3ncc(C(=O)OCCN4CCOCC4)s3)[C@H](Cl)C[C@H]2O)cc1. The molecule has 2 aliphatic rings. The van der Waals surface area contributed by atoms with Gasteiger partial charge < -0.3 is 19.7 Å². The molecule has 2 aromatic rings. The average Bonchev–Trinajstić information content (AvgIpc) is 3.53. The maximum atomic E-state index is 12.4. The molecule has 1 unspecified atom stereocenters. The predicted octanol–water partition coefficient (Wildman–Crippen LogP) is 5.34. The van der Waals surface area contributed by atoms with Crippen molar-refractivity contribution in [2.24, 2.45) is 5.92 Å². The lowest BCUT2D eigenvalue weighted by Crippen LogP contribution is -2.38. The minimum Gasteiger partial charge on any atom is -0.460 e. The van der Waals surface area contributed by atoms with Crippen LogP contribution in [-0.2, 0) is 15.9 Å². The highest BCUT2D eigenvalue weighted by molar-refractivity contribution is 7.13. The Bertz CT molecular complexity index is 1010. The second-order valence-electron chi connectivity index (χ2n) is 10.8. The number of morpholine rings is 1. The van der Waals surface area contributed by atoms with Gasteiger partial charge in [-0.25, -0.2) is 9.78 Å². The van der Waals surface area contributed by atoms with E-state index in [0.29, 0.717) is 17.9 Å². The molecule has 9 heteroatoms. The molecule has 1 saturated carbocycles. The van der Waals surface area contributed by atoms with Crippen molar-refractivity contribution in [1.29, 1.82) is 0 Å². The Balaban J connectivity index is 1.25. The van der Waals surface area contributed by atoms with E-state index < -0.39 is 12.2 Å². The Morgan fingerprint density at radius 2 is 2.00 bits per heavy atom. The first kappa shape index (κ1) is 30.4. The van der Waals surface area contributed by atoms with Crippen LogP contribution >= 0.6 is 22.9 Å². The lowest BCUT2D eigenvalue weighted by atomic mass is 9.84. The zero-order valence-electron chi connectivity index (χ0n) is 23.0. The molecule has 5 atom stereocenters. The zero-order valence-corrected chi connectivity index (χ0v) is 24.5. The number of alkyl halides is 1. The number of hydrogen-bond acceptors (Lipinski definition) is 8. The van der Waals surface area contributed by atoms with Crippen LogP contribution in [0.5, 0.6) is 0 Å². The summed E-state index contributed by atoms with van der Waals surface area (Å²) in [6.07, 6.45) is 7.85. The Morgan fingerprint density at radius 3 is 2.74 bits per heavy atom. The van der Waals surface area contributed by atoms with Gasteiger partial charge in [0.05, 0.1) is 36.6 Å². The molecule has 0 radical (unpaired) electrons. The summed E-state index contributed by atoms with van der Waals surface area (Å²) in [7, 11) is 0. The normalized spacial score (nSPS) is 24.6. The zero-order chi connectivity index (χ0) is 27.6. The van der Waals surface area contributed by atoms with E-state index >= 15 is 0 Å². The van der Waals surface area contributed by atoms with Crippen molar-refractivity contribution in [1.82, 2.24) is 9.88 Å². The van der Waals surface area contributed by atoms with Gasteiger partial charge in [-0.2, -0.15) is 0 Å². The van der Waals surface area contributed by atoms with E-state index in [0.717, 1.165) is 93.9 Å². The van der Waals surface area contributed by atoms with Gasteiger partial charge >= 0.3 is 5.97 Å². The van der Waals surface area contributed by atoms with Gasteiger partial charge in [0, 0.05) is 30.9 Å². The highest BCUT2D eigenvalue weighted by atomic mass is 35.5. The number of rotatable bonds is 14. The molecule has 216 valence electrons. The number of benzene rings is 1. The van der Waals surface area contributed by atoms with Gasteiger partial charge in [0.25, 0.3) is 0 Å². The predicted molar refractivity (Wildman–Crippen MR) is 155 cm³/mol. The quantitative estimate of drug-likeness (QED) is 0.178. The van der Waals surface area contributed by atoms with Crippen LogP contribution in [-0.4, -0.2) is 77.0 Å². The molecule has 1 aromatic carbocycles. The van der Waals surface area contributed by atoms with Gasteiger partial charge in [0.1, 0.15) is 11.5 Å². The van der Waals surface area contributed by atoms with Crippen molar-refractivity contribution < 1.29 is 24.5 Å². The number of carbonyl (C=O) groups excluding carboxylic acids is 1. The summed E-state index contributed by atoms with van der Waals surface area (Å²) in [5.74, 6) is -0.176. The van der Waals surface area contributed by atoms with Crippen LogP contribution in [0, 0.1) is 5.92 Å². The maximum Gasteiger partial charge on any atom is 0.350 e. The second-order valence-corrected chi connectivity index (χ2v) is 12.5. The van der Waals surface area contributed by atoms with E-state index in [-0.39, 0.29) is 23.2 Å². The molecule has 1 aromatic heterocycles. The topological polar surface area (TPSA) is 92.1 Å². The third-order valence-corrected chi connectivity index (χ3v) is 9.56. The summed E-state index contributed by atoms with van der Waals surface area (Å²) in [6.45, 7) is 6.45. The molecule has 7 nitrogen and oxygen atoms in total. The number of hydrogen-bond donors (Lipinski definition) is 2. The standard InChI is InChI=1S/C30H43ClN2O5S/c1-2-3-4-7-25(34)21-9-11-22(12-10-21)29-23(24(31)19-26(29)35)6-5-8-28-32-20-27(39-28)30(36)38-18-15-33-13-16-37-17-14-33/h9-12,20,23-26,29,34-35H,2-8,13-19H2,1H3/t23-,24+,25?,26+,29+/m0/s1. The van der Waals surface area contributed by atoms with E-state index in [1.54, 1.807) is 6.20 Å². The number of thiazole rings is 1. The van der Waals surface area contributed by atoms with E-state index in [1.165, 1.54) is 11.3 Å². The Labute approximate surface area is 241 Å². The number of aromatic nitrogens is 1. The molecule has 1 aliphatic carbocycles. The number of aryl methyl sites for hydroxylation is 1. The first-order chi connectivity index (χ1) is 19.0. The van der Waals surface area contributed by atoms with E-state index in [2.05, 4.69) is 16.8 Å². The number of esters is 1. The van der Waals surface area contributed by atoms with Gasteiger partial charge in [-0.1, -0.05) is 50.5 Å². The van der Waals surface area contributed by atoms with Crippen molar-refractivity contribution in [2.75, 3.05) is 39.5 Å². The van der Waals surface area contributed by atoms with Gasteiger partial charge in [0.2, 0.25) is 0 Å². The fraction of sp³-hybridized carbons (Fsp3) is 0.667. The van der Waals surface area contributed by atoms with Gasteiger partial charge in [-0.3, -0.25) is 4.90 Å². The number of carbonyl (C=O) groups is 1. The van der Waals surface area contributed by atoms with Gasteiger partial charge in [-0.15, -0.1) is 22.9 Å². The number of nitrogens with zero attached hydrogens (tertiary/aromatic N) is 2. The fourth-order valence-corrected chi connectivity index (χ4v) is 7.08. The van der Waals surface area contributed by atoms with Crippen molar-refractivity contribution in [3.05, 3.63) is 51.5 Å². The highest BCUT2D eigenvalue weighted by Crippen LogP contribution is 2.45. The molecule has 39 heavy (non-hydrogen) atoms. The summed E-state index contributed by atoms with van der Waals surface area (Å²) in [5, 5.41) is 22.2. The number of halogens is 1. The van der Waals surface area contributed by atoms with Gasteiger partial charge in [-0.05, 0) is 49.1 Å². The van der Waals surface area contributed by atoms with Crippen molar-refractivity contribution in [3.8, 4) is 0 Å². The Morgan fingerprint density at radius 1 is 1.23 bits per heavy atom. The van der Waals surface area contributed by atoms with Crippen LogP contribution in [0.1, 0.15) is 89.7 Å².